The van der Waals surface area contributed by atoms with Gasteiger partial charge in [-0.25, -0.2) is 15.0 Å². The molecular weight excluding hydrogens is 669 g/mol. The third kappa shape index (κ3) is 6.06. The number of aromatic nitrogens is 4. The van der Waals surface area contributed by atoms with Crippen LogP contribution >= 0.6 is 0 Å². The van der Waals surface area contributed by atoms with Gasteiger partial charge >= 0.3 is 0 Å². The van der Waals surface area contributed by atoms with E-state index < -0.39 is 0 Å². The average Bonchev–Trinajstić information content (AvgIpc) is 3.67. The average molecular weight is 707 g/mol. The molecule has 0 N–H and O–H groups in total. The van der Waals surface area contributed by atoms with Crippen molar-refractivity contribution in [3.8, 4) is 73.2 Å². The molecule has 0 aliphatic rings. The lowest BCUT2D eigenvalue weighted by Gasteiger charge is -2.12. The van der Waals surface area contributed by atoms with Crippen LogP contribution in [-0.4, -0.2) is 19.5 Å². The topological polar surface area (TPSA) is 43.6 Å². The van der Waals surface area contributed by atoms with Gasteiger partial charge in [-0.05, 0) is 57.6 Å². The minimum absolute atomic E-state index is 0.0813. The molecule has 0 fully saturated rings. The van der Waals surface area contributed by atoms with Crippen molar-refractivity contribution in [2.75, 3.05) is 0 Å². The summed E-state index contributed by atoms with van der Waals surface area (Å²) in [7, 11) is 0. The molecule has 8 aromatic carbocycles. The molecule has 4 heteroatoms. The van der Waals surface area contributed by atoms with Crippen LogP contribution in [0.1, 0.15) is 5.48 Å². The zero-order chi connectivity index (χ0) is 40.0. The lowest BCUT2D eigenvalue weighted by atomic mass is 9.97. The molecule has 258 valence electrons. The van der Waals surface area contributed by atoms with E-state index in [2.05, 4.69) is 60.7 Å². The van der Waals surface area contributed by atoms with Crippen molar-refractivity contribution in [1.29, 1.82) is 0 Å². The molecule has 2 heterocycles. The van der Waals surface area contributed by atoms with E-state index in [1.165, 1.54) is 0 Å². The minimum atomic E-state index is -0.288. The van der Waals surface area contributed by atoms with Gasteiger partial charge in [-0.2, -0.15) is 0 Å². The Balaban J connectivity index is 1.15. The van der Waals surface area contributed by atoms with E-state index in [-0.39, 0.29) is 24.2 Å². The van der Waals surface area contributed by atoms with Crippen molar-refractivity contribution < 1.29 is 5.48 Å². The van der Waals surface area contributed by atoms with Gasteiger partial charge in [0, 0.05) is 33.2 Å². The Kier molecular flexibility index (Phi) is 7.08. The number of hydrogen-bond acceptors (Lipinski definition) is 3. The summed E-state index contributed by atoms with van der Waals surface area (Å²) in [5.74, 6) is 1.55. The summed E-state index contributed by atoms with van der Waals surface area (Å²) in [6.07, 6.45) is 0. The third-order valence-electron chi connectivity index (χ3n) is 10.0. The molecule has 0 saturated heterocycles. The van der Waals surface area contributed by atoms with Crippen LogP contribution in [0, 0.1) is 0 Å². The Labute approximate surface area is 325 Å². The van der Waals surface area contributed by atoms with E-state index in [9.17, 15) is 2.74 Å². The fourth-order valence-electron chi connectivity index (χ4n) is 7.32. The maximum atomic E-state index is 9.24. The summed E-state index contributed by atoms with van der Waals surface area (Å²) in [6, 6.07) is 59.9. The Morgan fingerprint density at radius 1 is 0.364 bits per heavy atom. The second-order valence-corrected chi connectivity index (χ2v) is 13.4. The van der Waals surface area contributed by atoms with Crippen molar-refractivity contribution in [3.63, 3.8) is 0 Å². The summed E-state index contributed by atoms with van der Waals surface area (Å²) in [6.45, 7) is 0. The van der Waals surface area contributed by atoms with Crippen LogP contribution in [0.3, 0.4) is 0 Å². The summed E-state index contributed by atoms with van der Waals surface area (Å²) in [4.78, 5) is 15.0. The molecule has 0 aliphatic carbocycles. The van der Waals surface area contributed by atoms with Crippen LogP contribution < -0.4 is 0 Å². The Hall–Kier alpha value is -7.43. The van der Waals surface area contributed by atoms with Crippen molar-refractivity contribution in [3.05, 3.63) is 206 Å². The van der Waals surface area contributed by atoms with Gasteiger partial charge in [0.2, 0.25) is 0 Å². The van der Waals surface area contributed by atoms with Gasteiger partial charge in [-0.3, -0.25) is 0 Å². The number of fused-ring (bicyclic) bond motifs is 3. The summed E-state index contributed by atoms with van der Waals surface area (Å²) < 4.78 is 37.8. The van der Waals surface area contributed by atoms with E-state index in [1.807, 2.05) is 126 Å². The molecule has 4 nitrogen and oxygen atoms in total. The highest BCUT2D eigenvalue weighted by molar-refractivity contribution is 6.15. The fraction of sp³-hybridized carbons (Fsp3) is 0. The highest BCUT2D eigenvalue weighted by Crippen LogP contribution is 2.39. The third-order valence-corrected chi connectivity index (χ3v) is 10.0. The largest absolute Gasteiger partial charge is 0.309 e. The van der Waals surface area contributed by atoms with Gasteiger partial charge in [-0.1, -0.05) is 182 Å². The fourth-order valence-corrected chi connectivity index (χ4v) is 7.32. The van der Waals surface area contributed by atoms with Crippen LogP contribution in [0.15, 0.2) is 206 Å². The number of hydrogen-bond donors (Lipinski definition) is 0. The molecule has 0 aliphatic heterocycles. The van der Waals surface area contributed by atoms with E-state index >= 15 is 0 Å². The first-order valence-corrected chi connectivity index (χ1v) is 18.2. The maximum Gasteiger partial charge on any atom is 0.164 e. The van der Waals surface area contributed by atoms with Gasteiger partial charge in [0.15, 0.2) is 17.5 Å². The van der Waals surface area contributed by atoms with Crippen LogP contribution in [-0.2, 0) is 0 Å². The lowest BCUT2D eigenvalue weighted by Crippen LogP contribution is -2.01. The van der Waals surface area contributed by atoms with Crippen molar-refractivity contribution in [2.45, 2.75) is 0 Å². The minimum Gasteiger partial charge on any atom is -0.309 e. The first kappa shape index (κ1) is 28.1. The highest BCUT2D eigenvalue weighted by Gasteiger charge is 2.18. The smallest absolute Gasteiger partial charge is 0.164 e. The second-order valence-electron chi connectivity index (χ2n) is 13.4. The summed E-state index contributed by atoms with van der Waals surface area (Å²) in [5.41, 5.74) is 10.5. The molecule has 0 spiro atoms. The van der Waals surface area contributed by atoms with Gasteiger partial charge in [-0.15, -0.1) is 0 Å². The van der Waals surface area contributed by atoms with Crippen molar-refractivity contribution in [1.82, 2.24) is 19.5 Å². The van der Waals surface area contributed by atoms with Crippen LogP contribution in [0.2, 0.25) is 0 Å². The maximum absolute atomic E-state index is 9.24. The van der Waals surface area contributed by atoms with Crippen molar-refractivity contribution in [2.24, 2.45) is 0 Å². The normalized spacial score (nSPS) is 12.3. The van der Waals surface area contributed by atoms with Gasteiger partial charge < -0.3 is 4.57 Å². The molecule has 0 radical (unpaired) electrons. The summed E-state index contributed by atoms with van der Waals surface area (Å²) >= 11 is 0. The molecule has 2 aromatic heterocycles. The number of para-hydroxylation sites is 1. The van der Waals surface area contributed by atoms with Crippen LogP contribution in [0.4, 0.5) is 0 Å². The molecule has 10 aromatic rings. The molecule has 0 amide bonds. The zero-order valence-electron chi connectivity index (χ0n) is 33.6. The number of benzene rings is 8. The SMILES string of the molecule is [2H]c1c([2H])c([2H])c2c(c1[2H])c1c(-c3ccc(-c4ccccc4)cc3)cccc1n2-c1cccc(-c2nc(-c3ccccc3)nc(-c3ccc(-c4ccccc4)cc3)n2)c1. The predicted octanol–water partition coefficient (Wildman–Crippen LogP) is 13.0. The number of nitrogens with zero attached hydrogens (tertiary/aromatic N) is 4. The lowest BCUT2D eigenvalue weighted by molar-refractivity contribution is 1.07. The predicted molar refractivity (Wildman–Crippen MR) is 227 cm³/mol. The highest BCUT2D eigenvalue weighted by atomic mass is 15.0. The van der Waals surface area contributed by atoms with Crippen molar-refractivity contribution >= 4 is 21.8 Å². The van der Waals surface area contributed by atoms with Crippen LogP contribution in [0.5, 0.6) is 0 Å². The molecule has 10 rings (SSSR count). The van der Waals surface area contributed by atoms with Crippen LogP contribution in [0.25, 0.3) is 95.0 Å². The molecular formula is C51H34N4. The summed E-state index contributed by atoms with van der Waals surface area (Å²) in [5, 5.41) is 1.21. The Bertz CT molecular complexity index is 3170. The Morgan fingerprint density at radius 2 is 0.818 bits per heavy atom. The number of rotatable bonds is 7. The van der Waals surface area contributed by atoms with Gasteiger partial charge in [0.1, 0.15) is 0 Å². The van der Waals surface area contributed by atoms with Gasteiger partial charge in [0.05, 0.1) is 16.5 Å². The standard InChI is InChI=1S/C51H34N4/c1-4-14-35(15-5-1)37-26-30-39(31-27-37)44-23-13-25-47-48(44)45-22-10-11-24-46(45)55(47)43-21-12-20-42(34-43)51-53-49(40-18-8-3-9-19-40)52-50(54-51)41-32-28-38(29-33-41)36-16-6-2-7-17-36/h1-34H/i10D,11D,22D,24D. The zero-order valence-corrected chi connectivity index (χ0v) is 29.6. The van der Waals surface area contributed by atoms with Gasteiger partial charge in [0.25, 0.3) is 0 Å². The molecule has 0 unspecified atom stereocenters. The molecule has 0 atom stereocenters. The second kappa shape index (κ2) is 13.8. The monoisotopic (exact) mass is 706 g/mol. The van der Waals surface area contributed by atoms with E-state index in [0.29, 0.717) is 34.1 Å². The quantitative estimate of drug-likeness (QED) is 0.166. The molecule has 55 heavy (non-hydrogen) atoms. The Morgan fingerprint density at radius 3 is 1.44 bits per heavy atom. The molecule has 0 bridgehead atoms. The first-order valence-electron chi connectivity index (χ1n) is 20.2. The molecule has 0 saturated carbocycles. The van der Waals surface area contributed by atoms with E-state index in [0.717, 1.165) is 61.0 Å². The van der Waals surface area contributed by atoms with E-state index in [1.54, 1.807) is 0 Å². The van der Waals surface area contributed by atoms with E-state index in [4.69, 9.17) is 17.7 Å². The first-order chi connectivity index (χ1) is 28.9.